The molecule has 1 rings (SSSR count). The van der Waals surface area contributed by atoms with E-state index in [0.717, 1.165) is 0 Å². The van der Waals surface area contributed by atoms with Crippen LogP contribution in [0.25, 0.3) is 0 Å². The lowest BCUT2D eigenvalue weighted by Gasteiger charge is -2.09. The largest absolute Gasteiger partial charge is 0.241 e. The first-order chi connectivity index (χ1) is 7.36. The number of terminal acetylenes is 1. The molecule has 16 heavy (non-hydrogen) atoms. The summed E-state index contributed by atoms with van der Waals surface area (Å²) in [5, 5.41) is 0.475. The maximum Gasteiger partial charge on any atom is 0.241 e. The molecule has 1 N–H and O–H groups in total. The van der Waals surface area contributed by atoms with Crippen LogP contribution in [0.5, 0.6) is 0 Å². The average Bonchev–Trinajstić information content (AvgIpc) is 2.21. The highest BCUT2D eigenvalue weighted by atomic mass is 35.5. The molecule has 0 aliphatic rings. The lowest BCUT2D eigenvalue weighted by Crippen LogP contribution is -2.31. The highest BCUT2D eigenvalue weighted by molar-refractivity contribution is 7.89. The van der Waals surface area contributed by atoms with Crippen LogP contribution in [-0.4, -0.2) is 14.5 Å². The van der Waals surface area contributed by atoms with Gasteiger partial charge in [-0.1, -0.05) is 29.1 Å². The van der Waals surface area contributed by atoms with Crippen LogP contribution in [-0.2, 0) is 10.0 Å². The van der Waals surface area contributed by atoms with Crippen molar-refractivity contribution in [3.63, 3.8) is 0 Å². The van der Waals surface area contributed by atoms with Crippen molar-refractivity contribution in [3.05, 3.63) is 28.2 Å². The minimum absolute atomic E-state index is 0.0315. The lowest BCUT2D eigenvalue weighted by atomic mass is 10.4. The van der Waals surface area contributed by atoms with Gasteiger partial charge in [0, 0.05) is 0 Å². The van der Waals surface area contributed by atoms with Gasteiger partial charge in [-0.25, -0.2) is 8.42 Å². The highest BCUT2D eigenvalue weighted by Gasteiger charge is 2.17. The normalized spacial score (nSPS) is 13.1. The van der Waals surface area contributed by atoms with Crippen LogP contribution in [0.4, 0.5) is 0 Å². The van der Waals surface area contributed by atoms with Gasteiger partial charge in [-0.2, -0.15) is 4.72 Å². The Hall–Kier alpha value is -0.730. The standard InChI is InChI=1S/C10H9Cl2NO2S/c1-3-7(2)13-16(14,15)8-4-5-9(11)10(12)6-8/h1,4-7,13H,2H3. The lowest BCUT2D eigenvalue weighted by molar-refractivity contribution is 0.577. The van der Waals surface area contributed by atoms with E-state index in [1.54, 1.807) is 6.92 Å². The van der Waals surface area contributed by atoms with Crippen molar-refractivity contribution in [2.45, 2.75) is 17.9 Å². The van der Waals surface area contributed by atoms with Crippen molar-refractivity contribution in [1.29, 1.82) is 0 Å². The van der Waals surface area contributed by atoms with E-state index in [4.69, 9.17) is 29.6 Å². The molecule has 1 aromatic rings. The van der Waals surface area contributed by atoms with Crippen LogP contribution in [0.3, 0.4) is 0 Å². The van der Waals surface area contributed by atoms with Crippen LogP contribution in [0.1, 0.15) is 6.92 Å². The zero-order valence-electron chi connectivity index (χ0n) is 8.37. The van der Waals surface area contributed by atoms with Gasteiger partial charge in [0.25, 0.3) is 0 Å². The fraction of sp³-hybridized carbons (Fsp3) is 0.200. The van der Waals surface area contributed by atoms with Crippen molar-refractivity contribution in [3.8, 4) is 12.3 Å². The summed E-state index contributed by atoms with van der Waals surface area (Å²) in [4.78, 5) is 0.0315. The molecule has 0 aliphatic heterocycles. The minimum Gasteiger partial charge on any atom is -0.207 e. The van der Waals surface area contributed by atoms with Crippen molar-refractivity contribution in [1.82, 2.24) is 4.72 Å². The van der Waals surface area contributed by atoms with Crippen molar-refractivity contribution >= 4 is 33.2 Å². The van der Waals surface area contributed by atoms with Crippen LogP contribution < -0.4 is 4.72 Å². The molecule has 1 unspecified atom stereocenters. The Kier molecular flexibility index (Phi) is 4.22. The molecule has 0 aliphatic carbocycles. The molecular formula is C10H9Cl2NO2S. The number of rotatable bonds is 3. The summed E-state index contributed by atoms with van der Waals surface area (Å²) in [6, 6.07) is 3.47. The monoisotopic (exact) mass is 277 g/mol. The Labute approximate surface area is 105 Å². The molecule has 0 heterocycles. The minimum atomic E-state index is -3.65. The van der Waals surface area contributed by atoms with Crippen molar-refractivity contribution in [2.75, 3.05) is 0 Å². The second-order valence-electron chi connectivity index (χ2n) is 3.09. The Balaban J connectivity index is 3.09. The van der Waals surface area contributed by atoms with E-state index in [1.807, 2.05) is 0 Å². The molecule has 0 amide bonds. The van der Waals surface area contributed by atoms with E-state index in [-0.39, 0.29) is 9.92 Å². The summed E-state index contributed by atoms with van der Waals surface area (Å²) in [7, 11) is -3.65. The number of hydrogen-bond donors (Lipinski definition) is 1. The van der Waals surface area contributed by atoms with Gasteiger partial charge in [0.1, 0.15) is 0 Å². The third-order valence-corrected chi connectivity index (χ3v) is 4.06. The molecule has 1 aromatic carbocycles. The molecule has 86 valence electrons. The van der Waals surface area contributed by atoms with Crippen molar-refractivity contribution < 1.29 is 8.42 Å². The molecule has 0 fully saturated rings. The predicted molar refractivity (Wildman–Crippen MR) is 65.1 cm³/mol. The first-order valence-electron chi connectivity index (χ1n) is 4.30. The Morgan fingerprint density at radius 1 is 1.38 bits per heavy atom. The number of sulfonamides is 1. The fourth-order valence-corrected chi connectivity index (χ4v) is 2.53. The average molecular weight is 278 g/mol. The number of nitrogens with one attached hydrogen (secondary N) is 1. The van der Waals surface area contributed by atoms with Crippen LogP contribution >= 0.6 is 23.2 Å². The summed E-state index contributed by atoms with van der Waals surface area (Å²) < 4.78 is 25.8. The molecule has 1 atom stereocenters. The quantitative estimate of drug-likeness (QED) is 0.862. The number of halogens is 2. The SMILES string of the molecule is C#CC(C)NS(=O)(=O)c1ccc(Cl)c(Cl)c1. The van der Waals surface area contributed by atoms with E-state index in [2.05, 4.69) is 10.6 Å². The van der Waals surface area contributed by atoms with Gasteiger partial charge in [0.15, 0.2) is 0 Å². The molecule has 6 heteroatoms. The third-order valence-electron chi connectivity index (χ3n) is 1.78. The van der Waals surface area contributed by atoms with E-state index >= 15 is 0 Å². The Morgan fingerprint density at radius 2 is 2.00 bits per heavy atom. The summed E-state index contributed by atoms with van der Waals surface area (Å²) in [6.45, 7) is 1.56. The maximum atomic E-state index is 11.8. The predicted octanol–water partition coefficient (Wildman–Crippen LogP) is 2.29. The van der Waals surface area contributed by atoms with Crippen molar-refractivity contribution in [2.24, 2.45) is 0 Å². The summed E-state index contributed by atoms with van der Waals surface area (Å²) in [5.74, 6) is 2.27. The smallest absolute Gasteiger partial charge is 0.207 e. The van der Waals surface area contributed by atoms with Gasteiger partial charge in [-0.3, -0.25) is 0 Å². The summed E-state index contributed by atoms with van der Waals surface area (Å²) >= 11 is 11.4. The first kappa shape index (κ1) is 13.3. The highest BCUT2D eigenvalue weighted by Crippen LogP contribution is 2.24. The molecule has 3 nitrogen and oxygen atoms in total. The van der Waals surface area contributed by atoms with Crippen LogP contribution in [0.2, 0.25) is 10.0 Å². The maximum absolute atomic E-state index is 11.8. The van der Waals surface area contributed by atoms with E-state index < -0.39 is 16.1 Å². The zero-order valence-corrected chi connectivity index (χ0v) is 10.7. The van der Waals surface area contributed by atoms with Gasteiger partial charge in [-0.05, 0) is 25.1 Å². The Bertz CT molecular complexity index is 534. The third kappa shape index (κ3) is 3.13. The summed E-state index contributed by atoms with van der Waals surface area (Å²) in [5.41, 5.74) is 0. The molecule has 0 spiro atoms. The van der Waals surface area contributed by atoms with E-state index in [1.165, 1.54) is 18.2 Å². The molecule has 0 radical (unpaired) electrons. The Morgan fingerprint density at radius 3 is 2.50 bits per heavy atom. The fourth-order valence-electron chi connectivity index (χ4n) is 0.979. The van der Waals surface area contributed by atoms with Gasteiger partial charge < -0.3 is 0 Å². The van der Waals surface area contributed by atoms with Crippen LogP contribution in [0.15, 0.2) is 23.1 Å². The second-order valence-corrected chi connectivity index (χ2v) is 5.61. The van der Waals surface area contributed by atoms with E-state index in [0.29, 0.717) is 5.02 Å². The van der Waals surface area contributed by atoms with Gasteiger partial charge >= 0.3 is 0 Å². The topological polar surface area (TPSA) is 46.2 Å². The second kappa shape index (κ2) is 5.07. The first-order valence-corrected chi connectivity index (χ1v) is 6.54. The van der Waals surface area contributed by atoms with Gasteiger partial charge in [0.05, 0.1) is 21.0 Å². The van der Waals surface area contributed by atoms with E-state index in [9.17, 15) is 8.42 Å². The van der Waals surface area contributed by atoms with Gasteiger partial charge in [0.2, 0.25) is 10.0 Å². The molecule has 0 saturated carbocycles. The summed E-state index contributed by atoms with van der Waals surface area (Å²) in [6.07, 6.45) is 5.09. The molecular weight excluding hydrogens is 269 g/mol. The zero-order chi connectivity index (χ0) is 12.3. The number of benzene rings is 1. The van der Waals surface area contributed by atoms with Gasteiger partial charge in [-0.15, -0.1) is 6.42 Å². The van der Waals surface area contributed by atoms with Crippen LogP contribution in [0, 0.1) is 12.3 Å². The molecule has 0 saturated heterocycles. The molecule has 0 aromatic heterocycles. The molecule has 0 bridgehead atoms. The number of hydrogen-bond acceptors (Lipinski definition) is 2.